The zero-order valence-corrected chi connectivity index (χ0v) is 19.0. The molecule has 2 atom stereocenters. The van der Waals surface area contributed by atoms with E-state index in [0.29, 0.717) is 6.08 Å². The van der Waals surface area contributed by atoms with Gasteiger partial charge in [-0.05, 0) is 30.3 Å². The molecule has 37 heavy (non-hydrogen) atoms. The van der Waals surface area contributed by atoms with Gasteiger partial charge in [-0.3, -0.25) is 4.79 Å². The quantitative estimate of drug-likeness (QED) is 0.353. The Balaban J connectivity index is 1.87. The van der Waals surface area contributed by atoms with Crippen LogP contribution in [0.3, 0.4) is 0 Å². The Morgan fingerprint density at radius 3 is 1.68 bits per heavy atom. The van der Waals surface area contributed by atoms with Crippen molar-refractivity contribution in [3.63, 3.8) is 0 Å². The van der Waals surface area contributed by atoms with Gasteiger partial charge in [0.25, 0.3) is 0 Å². The minimum Gasteiger partial charge on any atom is -0.504 e. The van der Waals surface area contributed by atoms with Crippen molar-refractivity contribution in [2.24, 2.45) is 5.92 Å². The maximum atomic E-state index is 17.0. The molecule has 1 aliphatic carbocycles. The smallest absolute Gasteiger partial charge is 0.343 e. The van der Waals surface area contributed by atoms with Gasteiger partial charge in [0.05, 0.1) is 16.7 Å². The summed E-state index contributed by atoms with van der Waals surface area (Å²) in [6.45, 7) is 0. The van der Waals surface area contributed by atoms with Gasteiger partial charge in [0.1, 0.15) is 5.92 Å². The predicted molar refractivity (Wildman–Crippen MR) is 127 cm³/mol. The van der Waals surface area contributed by atoms with Crippen LogP contribution in [0.25, 0.3) is 0 Å². The third-order valence-corrected chi connectivity index (χ3v) is 5.54. The maximum Gasteiger partial charge on any atom is 0.343 e. The van der Waals surface area contributed by atoms with E-state index >= 15 is 4.39 Å². The molecule has 3 aromatic carbocycles. The van der Waals surface area contributed by atoms with Gasteiger partial charge in [0.15, 0.2) is 11.5 Å². The lowest BCUT2D eigenvalue weighted by molar-refractivity contribution is -0.142. The molecule has 0 saturated carbocycles. The van der Waals surface area contributed by atoms with Crippen molar-refractivity contribution in [2.45, 2.75) is 5.85 Å². The first-order valence-electron chi connectivity index (χ1n) is 10.9. The number of allylic oxidation sites excluding steroid dienone is 1. The maximum absolute atomic E-state index is 17.0. The van der Waals surface area contributed by atoms with Crippen LogP contribution in [0.1, 0.15) is 31.1 Å². The van der Waals surface area contributed by atoms with E-state index in [4.69, 9.17) is 9.47 Å². The second-order valence-electron chi connectivity index (χ2n) is 7.94. The standard InChI is InChI=1S/C28H19FO8/c29-28(37-27(35)19-14-8-3-9-15-19)22(23(31)17-10-4-1-5-11-17)20(25(32)33)16-21(30)24(28)36-26(34)18-12-6-2-7-13-18/h1-16,22,30H,(H,32,33). The molecule has 0 bridgehead atoms. The fourth-order valence-electron chi connectivity index (χ4n) is 3.79. The summed E-state index contributed by atoms with van der Waals surface area (Å²) in [5, 5.41) is 20.4. The number of carbonyl (C=O) groups excluding carboxylic acids is 3. The molecule has 1 aliphatic rings. The number of aliphatic carboxylic acids is 1. The summed E-state index contributed by atoms with van der Waals surface area (Å²) in [5.74, 6) is -13.7. The summed E-state index contributed by atoms with van der Waals surface area (Å²) in [5.41, 5.74) is -1.19. The molecule has 0 heterocycles. The normalized spacial score (nSPS) is 18.9. The molecule has 0 fully saturated rings. The lowest BCUT2D eigenvalue weighted by Gasteiger charge is -2.36. The second-order valence-corrected chi connectivity index (χ2v) is 7.94. The van der Waals surface area contributed by atoms with Crippen molar-refractivity contribution in [3.8, 4) is 0 Å². The van der Waals surface area contributed by atoms with Crippen LogP contribution in [0.4, 0.5) is 4.39 Å². The number of benzene rings is 3. The van der Waals surface area contributed by atoms with Crippen LogP contribution in [0.2, 0.25) is 0 Å². The second kappa shape index (κ2) is 10.3. The summed E-state index contributed by atoms with van der Waals surface area (Å²) in [6, 6.07) is 21.6. The first kappa shape index (κ1) is 25.1. The molecule has 3 aromatic rings. The molecule has 2 unspecified atom stereocenters. The van der Waals surface area contributed by atoms with Crippen LogP contribution < -0.4 is 0 Å². The Morgan fingerprint density at radius 1 is 0.730 bits per heavy atom. The Bertz CT molecular complexity index is 1410. The Morgan fingerprint density at radius 2 is 1.19 bits per heavy atom. The SMILES string of the molecule is O=C(O)C1=CC(O)=C(OC(=O)c2ccccc2)C(F)(OC(=O)c2ccccc2)C1C(=O)c1ccccc1. The number of rotatable bonds is 7. The van der Waals surface area contributed by atoms with E-state index in [9.17, 15) is 29.4 Å². The van der Waals surface area contributed by atoms with Gasteiger partial charge in [-0.1, -0.05) is 66.7 Å². The Hall–Kier alpha value is -5.05. The number of carboxylic acid groups (broad SMARTS) is 1. The molecule has 0 aliphatic heterocycles. The van der Waals surface area contributed by atoms with Crippen LogP contribution in [-0.4, -0.2) is 39.8 Å². The number of halogens is 1. The number of Topliss-reactive ketones (excluding diaryl/α,β-unsaturated/α-hetero) is 1. The van der Waals surface area contributed by atoms with Gasteiger partial charge >= 0.3 is 23.8 Å². The molecule has 2 N–H and O–H groups in total. The summed E-state index contributed by atoms with van der Waals surface area (Å²) < 4.78 is 27.3. The topological polar surface area (TPSA) is 127 Å². The Kier molecular flexibility index (Phi) is 6.97. The van der Waals surface area contributed by atoms with Crippen molar-refractivity contribution in [1.29, 1.82) is 0 Å². The number of carbonyl (C=O) groups is 4. The molecule has 0 spiro atoms. The van der Waals surface area contributed by atoms with Crippen LogP contribution in [0.15, 0.2) is 114 Å². The molecular formula is C28H19FO8. The highest BCUT2D eigenvalue weighted by Crippen LogP contribution is 2.45. The summed E-state index contributed by atoms with van der Waals surface area (Å²) in [6.07, 6.45) is 0.593. The number of aliphatic hydroxyl groups is 1. The zero-order valence-electron chi connectivity index (χ0n) is 19.0. The minimum atomic E-state index is -3.71. The molecule has 0 radical (unpaired) electrons. The number of esters is 2. The van der Waals surface area contributed by atoms with E-state index in [2.05, 4.69) is 0 Å². The van der Waals surface area contributed by atoms with Gasteiger partial charge in [0.2, 0.25) is 5.76 Å². The van der Waals surface area contributed by atoms with Gasteiger partial charge in [0, 0.05) is 5.56 Å². The van der Waals surface area contributed by atoms with Crippen LogP contribution in [-0.2, 0) is 14.3 Å². The van der Waals surface area contributed by atoms with E-state index in [-0.39, 0.29) is 16.7 Å². The lowest BCUT2D eigenvalue weighted by Crippen LogP contribution is -2.49. The molecule has 4 rings (SSSR count). The van der Waals surface area contributed by atoms with Gasteiger partial charge in [-0.15, -0.1) is 0 Å². The average Bonchev–Trinajstić information content (AvgIpc) is 2.91. The fourth-order valence-corrected chi connectivity index (χ4v) is 3.79. The van der Waals surface area contributed by atoms with E-state index in [1.165, 1.54) is 72.8 Å². The minimum absolute atomic E-state index is 0.0431. The third kappa shape index (κ3) is 5.01. The van der Waals surface area contributed by atoms with Crippen molar-refractivity contribution in [1.82, 2.24) is 0 Å². The lowest BCUT2D eigenvalue weighted by atomic mass is 9.79. The van der Waals surface area contributed by atoms with Crippen molar-refractivity contribution in [2.75, 3.05) is 0 Å². The number of ketones is 1. The highest BCUT2D eigenvalue weighted by molar-refractivity contribution is 6.07. The van der Waals surface area contributed by atoms with E-state index in [0.717, 1.165) is 0 Å². The fraction of sp³-hybridized carbons (Fsp3) is 0.0714. The largest absolute Gasteiger partial charge is 0.504 e. The highest BCUT2D eigenvalue weighted by Gasteiger charge is 2.59. The van der Waals surface area contributed by atoms with Gasteiger partial charge < -0.3 is 19.7 Å². The van der Waals surface area contributed by atoms with Crippen LogP contribution >= 0.6 is 0 Å². The van der Waals surface area contributed by atoms with Crippen LogP contribution in [0, 0.1) is 5.92 Å². The summed E-state index contributed by atoms with van der Waals surface area (Å²) in [7, 11) is 0. The third-order valence-electron chi connectivity index (χ3n) is 5.54. The predicted octanol–water partition coefficient (Wildman–Crippen LogP) is 4.66. The van der Waals surface area contributed by atoms with Crippen LogP contribution in [0.5, 0.6) is 0 Å². The number of hydrogen-bond donors (Lipinski definition) is 2. The number of hydrogen-bond acceptors (Lipinski definition) is 7. The zero-order chi connectivity index (χ0) is 26.6. The summed E-state index contributed by atoms with van der Waals surface area (Å²) in [4.78, 5) is 51.2. The molecular weight excluding hydrogens is 483 g/mol. The molecule has 8 nitrogen and oxygen atoms in total. The van der Waals surface area contributed by atoms with Crippen molar-refractivity contribution in [3.05, 3.63) is 131 Å². The molecule has 0 saturated heterocycles. The first-order valence-corrected chi connectivity index (χ1v) is 10.9. The van der Waals surface area contributed by atoms with E-state index < -0.39 is 52.6 Å². The average molecular weight is 502 g/mol. The number of carboxylic acids is 1. The number of aliphatic hydroxyl groups excluding tert-OH is 1. The molecule has 186 valence electrons. The van der Waals surface area contributed by atoms with Crippen molar-refractivity contribution >= 4 is 23.7 Å². The van der Waals surface area contributed by atoms with Crippen molar-refractivity contribution < 1.29 is 43.3 Å². The first-order chi connectivity index (χ1) is 17.7. The van der Waals surface area contributed by atoms with E-state index in [1.54, 1.807) is 18.2 Å². The van der Waals surface area contributed by atoms with Gasteiger partial charge in [-0.2, -0.15) is 4.39 Å². The highest BCUT2D eigenvalue weighted by atomic mass is 19.2. The molecule has 0 aromatic heterocycles. The van der Waals surface area contributed by atoms with Gasteiger partial charge in [-0.25, -0.2) is 14.4 Å². The molecule has 0 amide bonds. The molecule has 9 heteroatoms. The number of ether oxygens (including phenoxy) is 2. The summed E-state index contributed by atoms with van der Waals surface area (Å²) >= 11 is 0. The number of alkyl halides is 1. The monoisotopic (exact) mass is 502 g/mol. The van der Waals surface area contributed by atoms with E-state index in [1.807, 2.05) is 0 Å². The Labute approximate surface area is 209 Å².